The van der Waals surface area contributed by atoms with Crippen LogP contribution in [0.2, 0.25) is 5.02 Å². The van der Waals surface area contributed by atoms with Crippen molar-refractivity contribution >= 4 is 29.0 Å². The number of pyridine rings is 1. The van der Waals surface area contributed by atoms with Crippen LogP contribution in [0.4, 0.5) is 11.5 Å². The number of halogens is 1. The zero-order chi connectivity index (χ0) is 15.4. The number of morpholine rings is 1. The molecule has 0 bridgehead atoms. The number of anilines is 2. The summed E-state index contributed by atoms with van der Waals surface area (Å²) in [6.45, 7) is 2.33. The monoisotopic (exact) mass is 317 g/mol. The van der Waals surface area contributed by atoms with Crippen molar-refractivity contribution in [1.29, 1.82) is 0 Å². The van der Waals surface area contributed by atoms with Gasteiger partial charge in [0.15, 0.2) is 0 Å². The third-order valence-electron chi connectivity index (χ3n) is 3.46. The number of nitrogens with one attached hydrogen (secondary N) is 1. The molecule has 0 spiro atoms. The third-order valence-corrected chi connectivity index (χ3v) is 3.79. The van der Waals surface area contributed by atoms with E-state index in [2.05, 4.69) is 10.3 Å². The fourth-order valence-corrected chi connectivity index (χ4v) is 2.49. The van der Waals surface area contributed by atoms with Crippen molar-refractivity contribution in [2.45, 2.75) is 0 Å². The molecule has 0 radical (unpaired) electrons. The Hall–Kier alpha value is -2.11. The fourth-order valence-electron chi connectivity index (χ4n) is 2.30. The molecule has 1 fully saturated rings. The normalized spacial score (nSPS) is 14.7. The van der Waals surface area contributed by atoms with Crippen molar-refractivity contribution < 1.29 is 9.53 Å². The number of benzene rings is 1. The van der Waals surface area contributed by atoms with Gasteiger partial charge in [-0.15, -0.1) is 0 Å². The highest BCUT2D eigenvalue weighted by Gasteiger charge is 2.21. The lowest BCUT2D eigenvalue weighted by atomic mass is 10.2. The van der Waals surface area contributed by atoms with E-state index in [4.69, 9.17) is 16.3 Å². The molecule has 0 unspecified atom stereocenters. The molecular weight excluding hydrogens is 302 g/mol. The summed E-state index contributed by atoms with van der Waals surface area (Å²) in [5, 5.41) is 3.72. The molecule has 2 aromatic rings. The standard InChI is InChI=1S/C16H16ClN3O2/c17-13-5-1-2-6-14(13)19-15-12(4-3-7-18-15)16(21)20-8-10-22-11-9-20/h1-7H,8-11H2,(H,18,19). The van der Waals surface area contributed by atoms with Crippen molar-refractivity contribution in [1.82, 2.24) is 9.88 Å². The Balaban J connectivity index is 1.86. The minimum absolute atomic E-state index is 0.0500. The van der Waals surface area contributed by atoms with Crippen LogP contribution in [0.5, 0.6) is 0 Å². The quantitative estimate of drug-likeness (QED) is 0.945. The Kier molecular flexibility index (Phi) is 4.56. The van der Waals surface area contributed by atoms with Gasteiger partial charge in [-0.3, -0.25) is 4.79 Å². The molecule has 1 amide bonds. The number of nitrogens with zero attached hydrogens (tertiary/aromatic N) is 2. The Labute approximate surface area is 133 Å². The number of para-hydroxylation sites is 1. The van der Waals surface area contributed by atoms with Gasteiger partial charge in [0, 0.05) is 19.3 Å². The Morgan fingerprint density at radius 2 is 1.95 bits per heavy atom. The van der Waals surface area contributed by atoms with E-state index in [9.17, 15) is 4.79 Å². The van der Waals surface area contributed by atoms with E-state index in [0.29, 0.717) is 42.7 Å². The molecule has 2 heterocycles. The lowest BCUT2D eigenvalue weighted by Crippen LogP contribution is -2.40. The van der Waals surface area contributed by atoms with Gasteiger partial charge in [0.1, 0.15) is 5.82 Å². The number of carbonyl (C=O) groups excluding carboxylic acids is 1. The van der Waals surface area contributed by atoms with E-state index in [1.807, 2.05) is 18.2 Å². The second-order valence-electron chi connectivity index (χ2n) is 4.91. The first kappa shape index (κ1) is 14.8. The summed E-state index contributed by atoms with van der Waals surface area (Å²) in [7, 11) is 0. The topological polar surface area (TPSA) is 54.5 Å². The molecule has 1 aliphatic heterocycles. The first-order valence-corrected chi connectivity index (χ1v) is 7.47. The summed E-state index contributed by atoms with van der Waals surface area (Å²) in [4.78, 5) is 18.7. The molecule has 0 atom stereocenters. The fraction of sp³-hybridized carbons (Fsp3) is 0.250. The molecule has 1 aromatic carbocycles. The number of amides is 1. The Bertz CT molecular complexity index is 672. The summed E-state index contributed by atoms with van der Waals surface area (Å²) < 4.78 is 5.28. The van der Waals surface area contributed by atoms with Crippen LogP contribution in [0.1, 0.15) is 10.4 Å². The maximum atomic E-state index is 12.7. The minimum Gasteiger partial charge on any atom is -0.378 e. The molecule has 0 aliphatic carbocycles. The summed E-state index contributed by atoms with van der Waals surface area (Å²) >= 11 is 6.15. The van der Waals surface area contributed by atoms with Crippen LogP contribution in [0.3, 0.4) is 0 Å². The predicted octanol–water partition coefficient (Wildman–Crippen LogP) is 2.95. The van der Waals surface area contributed by atoms with Crippen molar-refractivity contribution in [2.24, 2.45) is 0 Å². The highest BCUT2D eigenvalue weighted by Crippen LogP contribution is 2.26. The van der Waals surface area contributed by atoms with Gasteiger partial charge in [0.25, 0.3) is 5.91 Å². The summed E-state index contributed by atoms with van der Waals surface area (Å²) in [6.07, 6.45) is 1.65. The van der Waals surface area contributed by atoms with E-state index >= 15 is 0 Å². The van der Waals surface area contributed by atoms with Crippen LogP contribution in [-0.2, 0) is 4.74 Å². The van der Waals surface area contributed by atoms with E-state index in [1.165, 1.54) is 0 Å². The van der Waals surface area contributed by atoms with Gasteiger partial charge >= 0.3 is 0 Å². The number of aromatic nitrogens is 1. The van der Waals surface area contributed by atoms with E-state index in [0.717, 1.165) is 5.69 Å². The average Bonchev–Trinajstić information content (AvgIpc) is 2.58. The second-order valence-corrected chi connectivity index (χ2v) is 5.32. The van der Waals surface area contributed by atoms with Crippen LogP contribution >= 0.6 is 11.6 Å². The largest absolute Gasteiger partial charge is 0.378 e. The van der Waals surface area contributed by atoms with E-state index < -0.39 is 0 Å². The number of ether oxygens (including phenoxy) is 1. The Morgan fingerprint density at radius 3 is 2.73 bits per heavy atom. The van der Waals surface area contributed by atoms with Gasteiger partial charge in [0.05, 0.1) is 29.5 Å². The smallest absolute Gasteiger partial charge is 0.257 e. The molecule has 5 nitrogen and oxygen atoms in total. The van der Waals surface area contributed by atoms with E-state index in [-0.39, 0.29) is 5.91 Å². The molecule has 22 heavy (non-hydrogen) atoms. The predicted molar refractivity (Wildman–Crippen MR) is 85.7 cm³/mol. The SMILES string of the molecule is O=C(c1cccnc1Nc1ccccc1Cl)N1CCOCC1. The van der Waals surface area contributed by atoms with Crippen molar-refractivity contribution in [3.63, 3.8) is 0 Å². The van der Waals surface area contributed by atoms with Gasteiger partial charge in [-0.1, -0.05) is 23.7 Å². The van der Waals surface area contributed by atoms with Gasteiger partial charge in [-0.05, 0) is 24.3 Å². The van der Waals surface area contributed by atoms with Crippen molar-refractivity contribution in [2.75, 3.05) is 31.6 Å². The third kappa shape index (κ3) is 3.21. The maximum absolute atomic E-state index is 12.7. The van der Waals surface area contributed by atoms with Crippen LogP contribution in [0.15, 0.2) is 42.6 Å². The summed E-state index contributed by atoms with van der Waals surface area (Å²) in [5.41, 5.74) is 1.25. The first-order valence-electron chi connectivity index (χ1n) is 7.09. The molecule has 1 N–H and O–H groups in total. The van der Waals surface area contributed by atoms with Gasteiger partial charge in [-0.25, -0.2) is 4.98 Å². The van der Waals surface area contributed by atoms with Crippen LogP contribution in [0.25, 0.3) is 0 Å². The molecule has 114 valence electrons. The molecule has 3 rings (SSSR count). The molecule has 1 aromatic heterocycles. The van der Waals surface area contributed by atoms with Gasteiger partial charge in [0.2, 0.25) is 0 Å². The molecule has 6 heteroatoms. The zero-order valence-electron chi connectivity index (χ0n) is 12.0. The Morgan fingerprint density at radius 1 is 1.18 bits per heavy atom. The average molecular weight is 318 g/mol. The van der Waals surface area contributed by atoms with Crippen LogP contribution < -0.4 is 5.32 Å². The number of carbonyl (C=O) groups is 1. The van der Waals surface area contributed by atoms with Gasteiger partial charge < -0.3 is 15.0 Å². The lowest BCUT2D eigenvalue weighted by molar-refractivity contribution is 0.0303. The number of hydrogen-bond donors (Lipinski definition) is 1. The van der Waals surface area contributed by atoms with Crippen LogP contribution in [-0.4, -0.2) is 42.1 Å². The maximum Gasteiger partial charge on any atom is 0.257 e. The van der Waals surface area contributed by atoms with Crippen LogP contribution in [0, 0.1) is 0 Å². The molecule has 1 aliphatic rings. The highest BCUT2D eigenvalue weighted by molar-refractivity contribution is 6.33. The number of rotatable bonds is 3. The van der Waals surface area contributed by atoms with E-state index in [1.54, 1.807) is 29.3 Å². The summed E-state index contributed by atoms with van der Waals surface area (Å²) in [6, 6.07) is 10.9. The molecular formula is C16H16ClN3O2. The number of hydrogen-bond acceptors (Lipinski definition) is 4. The zero-order valence-corrected chi connectivity index (χ0v) is 12.7. The molecule has 0 saturated carbocycles. The van der Waals surface area contributed by atoms with Crippen molar-refractivity contribution in [3.05, 3.63) is 53.2 Å². The summed E-state index contributed by atoms with van der Waals surface area (Å²) in [5.74, 6) is 0.457. The molecule has 1 saturated heterocycles. The van der Waals surface area contributed by atoms with Gasteiger partial charge in [-0.2, -0.15) is 0 Å². The van der Waals surface area contributed by atoms with Crippen molar-refractivity contribution in [3.8, 4) is 0 Å². The lowest BCUT2D eigenvalue weighted by Gasteiger charge is -2.27. The minimum atomic E-state index is -0.0500. The second kappa shape index (κ2) is 6.77. The first-order chi connectivity index (χ1) is 10.8. The highest BCUT2D eigenvalue weighted by atomic mass is 35.5.